The second-order valence-electron chi connectivity index (χ2n) is 9.41. The molecule has 0 fully saturated rings. The molecule has 0 N–H and O–H groups in total. The number of benzene rings is 3. The van der Waals surface area contributed by atoms with Crippen LogP contribution in [-0.4, -0.2) is 41.8 Å². The molecule has 2 heterocycles. The lowest BCUT2D eigenvalue weighted by Crippen LogP contribution is -2.40. The van der Waals surface area contributed by atoms with Gasteiger partial charge in [-0.2, -0.15) is 0 Å². The summed E-state index contributed by atoms with van der Waals surface area (Å²) in [5.41, 5.74) is 5.06. The number of hydrogen-bond donors (Lipinski definition) is 0. The van der Waals surface area contributed by atoms with Gasteiger partial charge < -0.3 is 19.0 Å². The molecule has 5 rings (SSSR count). The Morgan fingerprint density at radius 1 is 1.00 bits per heavy atom. The third-order valence-corrected chi connectivity index (χ3v) is 6.75. The molecule has 6 nitrogen and oxygen atoms in total. The first-order valence-electron chi connectivity index (χ1n) is 12.4. The van der Waals surface area contributed by atoms with Crippen LogP contribution in [0.15, 0.2) is 95.6 Å². The Hall–Kier alpha value is -4.32. The molecule has 1 aliphatic rings. The highest BCUT2D eigenvalue weighted by molar-refractivity contribution is 5.95. The molecule has 0 saturated heterocycles. The van der Waals surface area contributed by atoms with Gasteiger partial charge in [0.2, 0.25) is 0 Å². The molecular formula is C31H30N2O4. The lowest BCUT2D eigenvalue weighted by Gasteiger charge is -2.38. The Morgan fingerprint density at radius 2 is 1.84 bits per heavy atom. The minimum atomic E-state index is -0.253. The van der Waals surface area contributed by atoms with Crippen molar-refractivity contribution in [2.24, 2.45) is 0 Å². The molecule has 1 aliphatic heterocycles. The highest BCUT2D eigenvalue weighted by Crippen LogP contribution is 2.38. The number of carbonyl (C=O) groups excluding carboxylic acids is 2. The molecule has 0 unspecified atom stereocenters. The van der Waals surface area contributed by atoms with E-state index in [1.807, 2.05) is 59.5 Å². The van der Waals surface area contributed by atoms with Crippen molar-refractivity contribution in [2.75, 3.05) is 20.2 Å². The van der Waals surface area contributed by atoms with Gasteiger partial charge in [0, 0.05) is 19.2 Å². The van der Waals surface area contributed by atoms with Crippen molar-refractivity contribution in [1.82, 2.24) is 9.80 Å². The quantitative estimate of drug-likeness (QED) is 0.345. The summed E-state index contributed by atoms with van der Waals surface area (Å²) < 4.78 is 11.3. The lowest BCUT2D eigenvalue weighted by molar-refractivity contribution is -0.132. The third kappa shape index (κ3) is 5.43. The Bertz CT molecular complexity index is 1380. The summed E-state index contributed by atoms with van der Waals surface area (Å²) in [5, 5.41) is 0. The maximum atomic E-state index is 13.6. The Labute approximate surface area is 217 Å². The maximum Gasteiger partial charge on any atom is 0.260 e. The maximum absolute atomic E-state index is 13.6. The summed E-state index contributed by atoms with van der Waals surface area (Å²) in [6.45, 7) is 2.97. The molecule has 1 aromatic heterocycles. The second kappa shape index (κ2) is 10.7. The predicted molar refractivity (Wildman–Crippen MR) is 141 cm³/mol. The van der Waals surface area contributed by atoms with Crippen LogP contribution in [0.2, 0.25) is 0 Å². The molecule has 37 heavy (non-hydrogen) atoms. The molecular weight excluding hydrogens is 464 g/mol. The number of fused-ring (bicyclic) bond motifs is 1. The number of furan rings is 1. The van der Waals surface area contributed by atoms with Crippen LogP contribution in [0.3, 0.4) is 0 Å². The van der Waals surface area contributed by atoms with Crippen LogP contribution < -0.4 is 4.74 Å². The minimum Gasteiger partial charge on any atom is -0.484 e. The van der Waals surface area contributed by atoms with E-state index in [0.29, 0.717) is 30.2 Å². The van der Waals surface area contributed by atoms with E-state index in [4.69, 9.17) is 9.15 Å². The zero-order chi connectivity index (χ0) is 25.8. The SMILES string of the molecule is Cc1cccc([C@H]2c3cc(OCC(=O)N(C)Cc4ccco4)ccc3CCN2C(=O)c2ccccc2)c1. The Kier molecular flexibility index (Phi) is 7.08. The van der Waals surface area contributed by atoms with Crippen molar-refractivity contribution in [3.8, 4) is 5.75 Å². The largest absolute Gasteiger partial charge is 0.484 e. The zero-order valence-electron chi connectivity index (χ0n) is 21.1. The summed E-state index contributed by atoms with van der Waals surface area (Å²) in [5.74, 6) is 1.17. The first-order chi connectivity index (χ1) is 18.0. The Balaban J connectivity index is 1.41. The van der Waals surface area contributed by atoms with Crippen LogP contribution in [0.4, 0.5) is 0 Å². The number of rotatable bonds is 7. The third-order valence-electron chi connectivity index (χ3n) is 6.75. The van der Waals surface area contributed by atoms with Gasteiger partial charge in [-0.15, -0.1) is 0 Å². The van der Waals surface area contributed by atoms with Gasteiger partial charge >= 0.3 is 0 Å². The molecule has 1 atom stereocenters. The van der Waals surface area contributed by atoms with Crippen LogP contribution in [0.5, 0.6) is 5.75 Å². The predicted octanol–water partition coefficient (Wildman–Crippen LogP) is 5.41. The molecule has 4 aromatic rings. The van der Waals surface area contributed by atoms with Gasteiger partial charge in [0.05, 0.1) is 18.8 Å². The van der Waals surface area contributed by atoms with E-state index in [9.17, 15) is 9.59 Å². The van der Waals surface area contributed by atoms with Gasteiger partial charge in [-0.05, 0) is 66.4 Å². The Morgan fingerprint density at radius 3 is 2.59 bits per heavy atom. The van der Waals surface area contributed by atoms with Gasteiger partial charge in [0.15, 0.2) is 6.61 Å². The summed E-state index contributed by atoms with van der Waals surface area (Å²) in [4.78, 5) is 29.8. The molecule has 3 aromatic carbocycles. The standard InChI is InChI=1S/C31H30N2O4/c1-22-8-6-11-25(18-22)30-28-19-26(37-21-29(34)32(2)20-27-12-7-17-36-27)14-13-23(28)15-16-33(30)31(35)24-9-4-3-5-10-24/h3-14,17-19,30H,15-16,20-21H2,1-2H3/t30-/m0/s1. The van der Waals surface area contributed by atoms with Gasteiger partial charge in [0.1, 0.15) is 11.5 Å². The van der Waals surface area contributed by atoms with E-state index in [1.54, 1.807) is 24.3 Å². The number of aryl methyl sites for hydroxylation is 1. The lowest BCUT2D eigenvalue weighted by atomic mass is 9.87. The average Bonchev–Trinajstić information content (AvgIpc) is 3.44. The summed E-state index contributed by atoms with van der Waals surface area (Å²) in [6.07, 6.45) is 2.34. The first-order valence-corrected chi connectivity index (χ1v) is 12.4. The van der Waals surface area contributed by atoms with Crippen molar-refractivity contribution in [3.63, 3.8) is 0 Å². The fourth-order valence-corrected chi connectivity index (χ4v) is 4.83. The van der Waals surface area contributed by atoms with Crippen LogP contribution in [0.25, 0.3) is 0 Å². The van der Waals surface area contributed by atoms with Crippen molar-refractivity contribution < 1.29 is 18.7 Å². The summed E-state index contributed by atoms with van der Waals surface area (Å²) >= 11 is 0. The molecule has 6 heteroatoms. The fraction of sp³-hybridized carbons (Fsp3) is 0.226. The minimum absolute atomic E-state index is 0.00111. The number of amides is 2. The highest BCUT2D eigenvalue weighted by atomic mass is 16.5. The molecule has 188 valence electrons. The van der Waals surface area contributed by atoms with Gasteiger partial charge in [-0.1, -0.05) is 54.1 Å². The van der Waals surface area contributed by atoms with Crippen LogP contribution in [-0.2, 0) is 17.8 Å². The van der Waals surface area contributed by atoms with Crippen LogP contribution >= 0.6 is 0 Å². The number of likely N-dealkylation sites (N-methyl/N-ethyl adjacent to an activating group) is 1. The van der Waals surface area contributed by atoms with Crippen molar-refractivity contribution in [3.05, 3.63) is 125 Å². The molecule has 0 bridgehead atoms. The van der Waals surface area contributed by atoms with Crippen LogP contribution in [0, 0.1) is 6.92 Å². The van der Waals surface area contributed by atoms with Crippen molar-refractivity contribution in [2.45, 2.75) is 25.9 Å². The van der Waals surface area contributed by atoms with Crippen LogP contribution in [0.1, 0.15) is 44.4 Å². The van der Waals surface area contributed by atoms with Crippen molar-refractivity contribution >= 4 is 11.8 Å². The average molecular weight is 495 g/mol. The fourth-order valence-electron chi connectivity index (χ4n) is 4.83. The molecule has 0 spiro atoms. The monoisotopic (exact) mass is 494 g/mol. The number of carbonyl (C=O) groups is 2. The summed E-state index contributed by atoms with van der Waals surface area (Å²) in [7, 11) is 1.72. The van der Waals surface area contributed by atoms with Gasteiger partial charge in [0.25, 0.3) is 11.8 Å². The topological polar surface area (TPSA) is 63.0 Å². The summed E-state index contributed by atoms with van der Waals surface area (Å²) in [6, 6.07) is 27.0. The van der Waals surface area contributed by atoms with E-state index >= 15 is 0 Å². The smallest absolute Gasteiger partial charge is 0.260 e. The van der Waals surface area contributed by atoms with E-state index in [-0.39, 0.29) is 24.5 Å². The second-order valence-corrected chi connectivity index (χ2v) is 9.41. The zero-order valence-corrected chi connectivity index (χ0v) is 21.1. The number of ether oxygens (including phenoxy) is 1. The van der Waals surface area contributed by atoms with Crippen molar-refractivity contribution in [1.29, 1.82) is 0 Å². The number of hydrogen-bond acceptors (Lipinski definition) is 4. The molecule has 2 amide bonds. The van der Waals surface area contributed by atoms with E-state index in [2.05, 4.69) is 31.2 Å². The first kappa shape index (κ1) is 24.4. The van der Waals surface area contributed by atoms with E-state index < -0.39 is 0 Å². The molecule has 0 saturated carbocycles. The number of nitrogens with zero attached hydrogens (tertiary/aromatic N) is 2. The molecule has 0 radical (unpaired) electrons. The highest BCUT2D eigenvalue weighted by Gasteiger charge is 2.33. The molecule has 0 aliphatic carbocycles. The van der Waals surface area contributed by atoms with E-state index in [0.717, 1.165) is 23.1 Å². The van der Waals surface area contributed by atoms with E-state index in [1.165, 1.54) is 5.56 Å². The van der Waals surface area contributed by atoms with Gasteiger partial charge in [-0.25, -0.2) is 0 Å². The van der Waals surface area contributed by atoms with Gasteiger partial charge in [-0.3, -0.25) is 9.59 Å². The normalized spacial score (nSPS) is 14.6.